The summed E-state index contributed by atoms with van der Waals surface area (Å²) in [5.74, 6) is 0. The first-order valence-electron chi connectivity index (χ1n) is 3.42. The maximum absolute atomic E-state index is 5.81. The van der Waals surface area contributed by atoms with Gasteiger partial charge in [0.15, 0.2) is 0 Å². The van der Waals surface area contributed by atoms with E-state index in [2.05, 4.69) is 4.90 Å². The summed E-state index contributed by atoms with van der Waals surface area (Å²) >= 11 is 3.23. The zero-order valence-corrected chi connectivity index (χ0v) is 11.1. The molecular formula is C5H11Cl2NO2Sn. The molecule has 2 unspecified atom stereocenters. The molecule has 11 heavy (non-hydrogen) atoms. The van der Waals surface area contributed by atoms with Crippen LogP contribution in [0.3, 0.4) is 0 Å². The number of nitrogens with zero attached hydrogens (tertiary/aromatic N) is 1. The van der Waals surface area contributed by atoms with Gasteiger partial charge in [0, 0.05) is 0 Å². The molecule has 0 aromatic carbocycles. The number of rotatable bonds is 0. The van der Waals surface area contributed by atoms with Crippen LogP contribution < -0.4 is 0 Å². The van der Waals surface area contributed by atoms with Crippen LogP contribution in [0, 0.1) is 0 Å². The monoisotopic (exact) mass is 307 g/mol. The fourth-order valence-electron chi connectivity index (χ4n) is 0.836. The predicted octanol–water partition coefficient (Wildman–Crippen LogP) is 0.486. The Hall–Kier alpha value is 1.26. The molecule has 0 N–H and O–H groups in total. The summed E-state index contributed by atoms with van der Waals surface area (Å²) in [5.41, 5.74) is -0.293. The van der Waals surface area contributed by atoms with Gasteiger partial charge in [-0.1, -0.05) is 0 Å². The second kappa shape index (κ2) is 5.09. The molecule has 0 saturated carbocycles. The molecule has 6 heteroatoms. The van der Waals surface area contributed by atoms with E-state index in [0.717, 1.165) is 13.1 Å². The van der Waals surface area contributed by atoms with E-state index in [1.54, 1.807) is 0 Å². The van der Waals surface area contributed by atoms with Gasteiger partial charge in [-0.2, -0.15) is 0 Å². The number of hydrogen-bond acceptors (Lipinski definition) is 3. The van der Waals surface area contributed by atoms with Crippen LogP contribution in [0.5, 0.6) is 0 Å². The van der Waals surface area contributed by atoms with Crippen LogP contribution in [0.4, 0.5) is 0 Å². The second-order valence-electron chi connectivity index (χ2n) is 2.45. The van der Waals surface area contributed by atoms with Gasteiger partial charge in [-0.25, -0.2) is 0 Å². The number of halogens is 2. The van der Waals surface area contributed by atoms with Crippen LogP contribution in [-0.2, 0) is 6.15 Å². The first-order valence-corrected chi connectivity index (χ1v) is 10.7. The molecule has 0 aromatic heterocycles. The van der Waals surface area contributed by atoms with Gasteiger partial charge in [0.2, 0.25) is 0 Å². The topological polar surface area (TPSA) is 21.7 Å². The van der Waals surface area contributed by atoms with Gasteiger partial charge in [-0.15, -0.1) is 0 Å². The van der Waals surface area contributed by atoms with Crippen molar-refractivity contribution < 1.29 is 6.15 Å². The Bertz CT molecular complexity index is 117. The molecule has 3 nitrogen and oxygen atoms in total. The van der Waals surface area contributed by atoms with E-state index >= 15 is 0 Å². The Morgan fingerprint density at radius 3 is 3.09 bits per heavy atom. The maximum atomic E-state index is 5.81. The van der Waals surface area contributed by atoms with Gasteiger partial charge in [0.05, 0.1) is 0 Å². The van der Waals surface area contributed by atoms with Crippen molar-refractivity contribution in [1.29, 1.82) is 0 Å². The van der Waals surface area contributed by atoms with Gasteiger partial charge >= 0.3 is 83.3 Å². The van der Waals surface area contributed by atoms with E-state index in [9.17, 15) is 0 Å². The summed E-state index contributed by atoms with van der Waals surface area (Å²) in [4.78, 5) is 2.06. The third kappa shape index (κ3) is 4.15. The third-order valence-corrected chi connectivity index (χ3v) is 6.67. The van der Waals surface area contributed by atoms with Crippen molar-refractivity contribution in [2.75, 3.05) is 26.7 Å². The summed E-state index contributed by atoms with van der Waals surface area (Å²) in [5, 5.41) is 0. The molecule has 1 heterocycles. The summed E-state index contributed by atoms with van der Waals surface area (Å²) in [6.07, 6.45) is 0. The van der Waals surface area contributed by atoms with E-state index in [4.69, 9.17) is 26.7 Å². The van der Waals surface area contributed by atoms with Crippen molar-refractivity contribution in [3.63, 3.8) is 0 Å². The van der Waals surface area contributed by atoms with Crippen molar-refractivity contribution in [2.45, 2.75) is 5.56 Å². The molecule has 1 aliphatic heterocycles. The van der Waals surface area contributed by atoms with Crippen LogP contribution in [0.15, 0.2) is 0 Å². The Morgan fingerprint density at radius 2 is 2.36 bits per heavy atom. The third-order valence-electron chi connectivity index (χ3n) is 1.43. The molecule has 66 valence electrons. The van der Waals surface area contributed by atoms with E-state index in [1.165, 1.54) is 0 Å². The van der Waals surface area contributed by atoms with Crippen LogP contribution in [0.2, 0.25) is 0 Å². The average molecular weight is 307 g/mol. The van der Waals surface area contributed by atoms with Crippen molar-refractivity contribution >= 4 is 40.0 Å². The minimum atomic E-state index is -2.57. The zero-order valence-electron chi connectivity index (χ0n) is 6.30. The molecular weight excluding hydrogens is 296 g/mol. The van der Waals surface area contributed by atoms with E-state index in [1.807, 2.05) is 7.05 Å². The van der Waals surface area contributed by atoms with Gasteiger partial charge in [0.1, 0.15) is 0 Å². The fourth-order valence-corrected chi connectivity index (χ4v) is 5.44. The van der Waals surface area contributed by atoms with Crippen molar-refractivity contribution in [3.8, 4) is 0 Å². The summed E-state index contributed by atoms with van der Waals surface area (Å²) in [6, 6.07) is 0. The van der Waals surface area contributed by atoms with Crippen molar-refractivity contribution in [3.05, 3.63) is 0 Å². The minimum absolute atomic E-state index is 0.293. The van der Waals surface area contributed by atoms with E-state index in [0.29, 0.717) is 6.61 Å². The standard InChI is InChI=1S/C5H10ClNO2.ClH.Sn.H/c1-7(2-3-8)4-5(6)9;;;/h5H,2-4H2,1H3;1H;;/q-2;;+3;/p-1. The molecule has 0 spiro atoms. The molecule has 1 aliphatic rings. The molecule has 1 fully saturated rings. The van der Waals surface area contributed by atoms with Gasteiger partial charge in [0.25, 0.3) is 0 Å². The molecule has 1 rings (SSSR count). The molecule has 0 aliphatic carbocycles. The predicted molar refractivity (Wildman–Crippen MR) is 47.2 cm³/mol. The molecule has 0 radical (unpaired) electrons. The summed E-state index contributed by atoms with van der Waals surface area (Å²) in [6.45, 7) is 2.28. The van der Waals surface area contributed by atoms with E-state index < -0.39 is 19.5 Å². The summed E-state index contributed by atoms with van der Waals surface area (Å²) < 4.78 is 10.5. The van der Waals surface area contributed by atoms with Crippen LogP contribution in [0.25, 0.3) is 0 Å². The quantitative estimate of drug-likeness (QED) is 0.480. The first kappa shape index (κ1) is 10.3. The van der Waals surface area contributed by atoms with Gasteiger partial charge < -0.3 is 0 Å². The number of hydrogen-bond donors (Lipinski definition) is 0. The normalized spacial score (nSPS) is 36.3. The van der Waals surface area contributed by atoms with Crippen molar-refractivity contribution in [2.24, 2.45) is 0 Å². The average Bonchev–Trinajstić information content (AvgIpc) is 1.83. The van der Waals surface area contributed by atoms with Gasteiger partial charge in [-0.05, 0) is 0 Å². The molecule has 2 atom stereocenters. The molecule has 1 saturated heterocycles. The van der Waals surface area contributed by atoms with Crippen LogP contribution in [-0.4, -0.2) is 56.7 Å². The van der Waals surface area contributed by atoms with Gasteiger partial charge in [-0.3, -0.25) is 0 Å². The Morgan fingerprint density at radius 1 is 1.64 bits per heavy atom. The fraction of sp³-hybridized carbons (Fsp3) is 1.00. The van der Waals surface area contributed by atoms with Crippen molar-refractivity contribution in [1.82, 2.24) is 4.90 Å². The van der Waals surface area contributed by atoms with Crippen LogP contribution >= 0.6 is 20.5 Å². The Kier molecular flexibility index (Phi) is 4.78. The van der Waals surface area contributed by atoms with Crippen LogP contribution in [0.1, 0.15) is 0 Å². The number of alkyl halides is 1. The molecule has 0 amide bonds. The van der Waals surface area contributed by atoms with E-state index in [-0.39, 0.29) is 5.56 Å². The Labute approximate surface area is 83.1 Å². The summed E-state index contributed by atoms with van der Waals surface area (Å²) in [7, 11) is 7.78. The second-order valence-corrected chi connectivity index (χ2v) is 8.63. The molecule has 0 aromatic rings. The SMILES string of the molecule is CN1CC[O][SnH]([Cl])[O]C(Cl)C1. The number of likely N-dealkylation sites (N-methyl/N-ethyl adjacent to an activating group) is 1. The Balaban J connectivity index is 2.34. The first-order chi connectivity index (χ1) is 5.18. The molecule has 0 bridgehead atoms. The zero-order chi connectivity index (χ0) is 8.27.